The van der Waals surface area contributed by atoms with Crippen molar-refractivity contribution in [3.05, 3.63) is 93.0 Å². The topological polar surface area (TPSA) is 100 Å². The Morgan fingerprint density at radius 3 is 2.50 bits per heavy atom. The van der Waals surface area contributed by atoms with Crippen LogP contribution in [0.15, 0.2) is 59.4 Å². The molecule has 2 aromatic heterocycles. The fourth-order valence-corrected chi connectivity index (χ4v) is 3.43. The van der Waals surface area contributed by atoms with Gasteiger partial charge in [-0.3, -0.25) is 9.89 Å². The summed E-state index contributed by atoms with van der Waals surface area (Å²) < 4.78 is 6.12. The number of aromatic nitrogens is 3. The van der Waals surface area contributed by atoms with E-state index in [4.69, 9.17) is 4.74 Å². The minimum absolute atomic E-state index is 0.0769. The summed E-state index contributed by atoms with van der Waals surface area (Å²) in [7, 11) is 1.26. The number of methoxy groups -OCH3 is 1. The van der Waals surface area contributed by atoms with Gasteiger partial charge in [0.2, 0.25) is 0 Å². The maximum atomic E-state index is 13.1. The number of aromatic amines is 1. The van der Waals surface area contributed by atoms with Crippen molar-refractivity contribution in [2.24, 2.45) is 0 Å². The predicted octanol–water partition coefficient (Wildman–Crippen LogP) is 3.25. The molecule has 0 aliphatic rings. The number of carbonyl (C=O) groups is 1. The van der Waals surface area contributed by atoms with E-state index < -0.39 is 11.5 Å². The first-order chi connectivity index (χ1) is 14.5. The van der Waals surface area contributed by atoms with Crippen molar-refractivity contribution >= 4 is 11.6 Å². The molecule has 148 valence electrons. The predicted molar refractivity (Wildman–Crippen MR) is 111 cm³/mol. The van der Waals surface area contributed by atoms with Crippen LogP contribution in [0, 0.1) is 18.3 Å². The molecule has 0 aliphatic heterocycles. The molecule has 2 heterocycles. The molecule has 2 aromatic carbocycles. The summed E-state index contributed by atoms with van der Waals surface area (Å²) in [4.78, 5) is 30.3. The van der Waals surface area contributed by atoms with E-state index in [2.05, 4.69) is 10.1 Å². The van der Waals surface area contributed by atoms with Gasteiger partial charge in [-0.25, -0.2) is 9.78 Å². The highest BCUT2D eigenvalue weighted by atomic mass is 16.5. The maximum absolute atomic E-state index is 13.1. The summed E-state index contributed by atoms with van der Waals surface area (Å²) in [5.41, 5.74) is 2.30. The lowest BCUT2D eigenvalue weighted by molar-refractivity contribution is 0.0603. The van der Waals surface area contributed by atoms with Gasteiger partial charge in [0, 0.05) is 12.0 Å². The average Bonchev–Trinajstić information content (AvgIpc) is 3.18. The van der Waals surface area contributed by atoms with Crippen molar-refractivity contribution in [1.82, 2.24) is 14.6 Å². The van der Waals surface area contributed by atoms with Crippen molar-refractivity contribution < 1.29 is 9.53 Å². The molecule has 7 heteroatoms. The smallest absolute Gasteiger partial charge is 0.342 e. The summed E-state index contributed by atoms with van der Waals surface area (Å²) in [5, 5.41) is 12.7. The third kappa shape index (κ3) is 3.25. The van der Waals surface area contributed by atoms with Crippen molar-refractivity contribution in [1.29, 1.82) is 5.26 Å². The molecule has 0 saturated carbocycles. The average molecular weight is 398 g/mol. The van der Waals surface area contributed by atoms with E-state index in [1.165, 1.54) is 7.11 Å². The fourth-order valence-electron chi connectivity index (χ4n) is 3.43. The third-order valence-electron chi connectivity index (χ3n) is 4.89. The Balaban J connectivity index is 2.03. The summed E-state index contributed by atoms with van der Waals surface area (Å²) in [6, 6.07) is 18.8. The molecule has 0 fully saturated rings. The van der Waals surface area contributed by atoms with Crippen LogP contribution < -0.4 is 5.56 Å². The first-order valence-electron chi connectivity index (χ1n) is 9.30. The first-order valence-corrected chi connectivity index (χ1v) is 9.30. The Morgan fingerprint density at radius 2 is 1.87 bits per heavy atom. The summed E-state index contributed by atoms with van der Waals surface area (Å²) in [6.45, 7) is 1.93. The first kappa shape index (κ1) is 19.2. The van der Waals surface area contributed by atoms with Crippen molar-refractivity contribution in [2.75, 3.05) is 7.11 Å². The number of carbonyl (C=O) groups excluding carboxylic acids is 1. The molecule has 7 nitrogen and oxygen atoms in total. The van der Waals surface area contributed by atoms with Gasteiger partial charge in [-0.15, -0.1) is 0 Å². The Kier molecular flexibility index (Phi) is 4.90. The maximum Gasteiger partial charge on any atom is 0.342 e. The number of benzene rings is 2. The second-order valence-corrected chi connectivity index (χ2v) is 6.89. The second kappa shape index (κ2) is 7.68. The van der Waals surface area contributed by atoms with Crippen molar-refractivity contribution in [3.8, 4) is 17.2 Å². The van der Waals surface area contributed by atoms with Gasteiger partial charge in [0.1, 0.15) is 23.0 Å². The molecule has 0 saturated heterocycles. The lowest BCUT2D eigenvalue weighted by Crippen LogP contribution is -2.22. The molecule has 0 radical (unpaired) electrons. The standard InChI is InChI=1S/C23H18N4O3/c1-14-8-10-16(11-9-14)19-17(13-24)22(28)27-21(20(19)23(29)30-2)25-18(26-27)12-15-6-4-3-5-7-15/h3-11H,12H2,1-2H3,(H,25,26). The van der Waals surface area contributed by atoms with E-state index in [1.54, 1.807) is 12.1 Å². The van der Waals surface area contributed by atoms with Crippen LogP contribution in [-0.2, 0) is 11.2 Å². The largest absolute Gasteiger partial charge is 0.465 e. The fraction of sp³-hybridized carbons (Fsp3) is 0.130. The summed E-state index contributed by atoms with van der Waals surface area (Å²) in [6.07, 6.45) is 0.435. The van der Waals surface area contributed by atoms with Crippen LogP contribution in [-0.4, -0.2) is 27.7 Å². The molecular weight excluding hydrogens is 380 g/mol. The quantitative estimate of drug-likeness (QED) is 0.532. The van der Waals surface area contributed by atoms with Crippen molar-refractivity contribution in [3.63, 3.8) is 0 Å². The Labute approximate surface area is 172 Å². The number of hydrogen-bond acceptors (Lipinski definition) is 5. The van der Waals surface area contributed by atoms with Gasteiger partial charge < -0.3 is 4.74 Å². The monoisotopic (exact) mass is 398 g/mol. The normalized spacial score (nSPS) is 10.7. The van der Waals surface area contributed by atoms with Crippen LogP contribution in [0.3, 0.4) is 0 Å². The number of hydrogen-bond donors (Lipinski definition) is 1. The van der Waals surface area contributed by atoms with E-state index in [0.717, 1.165) is 15.6 Å². The number of rotatable bonds is 4. The van der Waals surface area contributed by atoms with Crippen LogP contribution in [0.1, 0.15) is 32.9 Å². The van der Waals surface area contributed by atoms with Crippen molar-refractivity contribution in [2.45, 2.75) is 13.3 Å². The third-order valence-corrected chi connectivity index (χ3v) is 4.89. The molecule has 0 atom stereocenters. The number of pyridine rings is 1. The van der Waals surface area contributed by atoms with Gasteiger partial charge in [-0.05, 0) is 18.1 Å². The Hall–Kier alpha value is -4.18. The zero-order valence-electron chi connectivity index (χ0n) is 16.5. The lowest BCUT2D eigenvalue weighted by Gasteiger charge is -2.11. The number of nitrogens with one attached hydrogen (secondary N) is 1. The van der Waals surface area contributed by atoms with Crippen LogP contribution in [0.2, 0.25) is 0 Å². The number of aryl methyl sites for hydroxylation is 1. The molecule has 30 heavy (non-hydrogen) atoms. The molecule has 1 N–H and O–H groups in total. The molecule has 0 spiro atoms. The Bertz CT molecular complexity index is 1340. The van der Waals surface area contributed by atoms with Gasteiger partial charge >= 0.3 is 5.97 Å². The number of H-pyrrole nitrogens is 1. The zero-order valence-corrected chi connectivity index (χ0v) is 16.5. The highest BCUT2D eigenvalue weighted by Crippen LogP contribution is 2.29. The van der Waals surface area contributed by atoms with Crippen LogP contribution in [0.25, 0.3) is 16.8 Å². The minimum Gasteiger partial charge on any atom is -0.465 e. The van der Waals surface area contributed by atoms with Crippen LogP contribution >= 0.6 is 0 Å². The molecule has 4 rings (SSSR count). The van der Waals surface area contributed by atoms with E-state index in [0.29, 0.717) is 17.8 Å². The number of ether oxygens (including phenoxy) is 1. The van der Waals surface area contributed by atoms with Crippen LogP contribution in [0.5, 0.6) is 0 Å². The van der Waals surface area contributed by atoms with E-state index in [-0.39, 0.29) is 22.3 Å². The minimum atomic E-state index is -0.669. The van der Waals surface area contributed by atoms with E-state index in [9.17, 15) is 14.9 Å². The second-order valence-electron chi connectivity index (χ2n) is 6.89. The number of nitriles is 1. The summed E-state index contributed by atoms with van der Waals surface area (Å²) >= 11 is 0. The Morgan fingerprint density at radius 1 is 1.17 bits per heavy atom. The highest BCUT2D eigenvalue weighted by molar-refractivity contribution is 6.04. The molecule has 0 aliphatic carbocycles. The molecule has 0 unspecified atom stereocenters. The molecule has 0 bridgehead atoms. The molecule has 0 amide bonds. The lowest BCUT2D eigenvalue weighted by atomic mass is 9.95. The van der Waals surface area contributed by atoms with Gasteiger partial charge in [0.05, 0.1) is 7.11 Å². The van der Waals surface area contributed by atoms with Gasteiger partial charge in [-0.1, -0.05) is 60.2 Å². The number of esters is 1. The van der Waals surface area contributed by atoms with Gasteiger partial charge in [0.15, 0.2) is 5.65 Å². The van der Waals surface area contributed by atoms with Crippen LogP contribution in [0.4, 0.5) is 0 Å². The molecular formula is C23H18N4O3. The van der Waals surface area contributed by atoms with E-state index in [1.807, 2.05) is 55.5 Å². The SMILES string of the molecule is COC(=O)c1c(-c2ccc(C)cc2)c(C#N)c(=O)n2[nH]c(Cc3ccccc3)nc12. The van der Waals surface area contributed by atoms with E-state index >= 15 is 0 Å². The molecule has 4 aromatic rings. The summed E-state index contributed by atoms with van der Waals surface area (Å²) in [5.74, 6) is -0.175. The number of nitrogens with zero attached hydrogens (tertiary/aromatic N) is 3. The number of fused-ring (bicyclic) bond motifs is 1. The van der Waals surface area contributed by atoms with Gasteiger partial charge in [0.25, 0.3) is 5.56 Å². The zero-order chi connectivity index (χ0) is 21.3. The highest BCUT2D eigenvalue weighted by Gasteiger charge is 2.27. The van der Waals surface area contributed by atoms with Gasteiger partial charge in [-0.2, -0.15) is 9.78 Å².